The van der Waals surface area contributed by atoms with Gasteiger partial charge in [0.05, 0.1) is 6.10 Å². The Morgan fingerprint density at radius 2 is 1.73 bits per heavy atom. The predicted molar refractivity (Wildman–Crippen MR) is 48.6 cm³/mol. The molecule has 1 nitrogen and oxygen atoms in total. The molecule has 1 fully saturated rings. The number of hydrogen-bond acceptors (Lipinski definition) is 1. The quantitative estimate of drug-likeness (QED) is 0.770. The maximum Gasteiger partial charge on any atom is 0.161 e. The molecule has 0 saturated heterocycles. The van der Waals surface area contributed by atoms with Crippen molar-refractivity contribution >= 4 is 0 Å². The molecule has 4 heteroatoms. The van der Waals surface area contributed by atoms with Gasteiger partial charge in [0.2, 0.25) is 0 Å². The number of benzene rings is 1. The van der Waals surface area contributed by atoms with Gasteiger partial charge in [0, 0.05) is 11.6 Å². The summed E-state index contributed by atoms with van der Waals surface area (Å²) in [6.07, 6.45) is 1.42. The van der Waals surface area contributed by atoms with Crippen LogP contribution in [-0.4, -0.2) is 5.11 Å². The van der Waals surface area contributed by atoms with E-state index >= 15 is 0 Å². The Kier molecular flexibility index (Phi) is 2.69. The molecule has 0 aromatic heterocycles. The van der Waals surface area contributed by atoms with E-state index in [-0.39, 0.29) is 5.56 Å². The Hall–Kier alpha value is -1.03. The summed E-state index contributed by atoms with van der Waals surface area (Å²) in [5.74, 6) is -2.84. The molecule has 1 saturated carbocycles. The molecule has 1 unspecified atom stereocenters. The van der Waals surface area contributed by atoms with Crippen LogP contribution >= 0.6 is 0 Å². The SMILES string of the molecule is OC(CC1CC1)c1cc(F)c(F)cc1F. The van der Waals surface area contributed by atoms with E-state index in [1.807, 2.05) is 0 Å². The van der Waals surface area contributed by atoms with Crippen molar-refractivity contribution in [1.82, 2.24) is 0 Å². The van der Waals surface area contributed by atoms with Crippen molar-refractivity contribution in [2.75, 3.05) is 0 Å². The van der Waals surface area contributed by atoms with Gasteiger partial charge in [0.15, 0.2) is 11.6 Å². The van der Waals surface area contributed by atoms with Crippen molar-refractivity contribution in [2.24, 2.45) is 5.92 Å². The first-order valence-electron chi connectivity index (χ1n) is 4.90. The second kappa shape index (κ2) is 3.85. The van der Waals surface area contributed by atoms with Gasteiger partial charge in [-0.25, -0.2) is 13.2 Å². The number of rotatable bonds is 3. The van der Waals surface area contributed by atoms with Gasteiger partial charge in [0.25, 0.3) is 0 Å². The summed E-state index contributed by atoms with van der Waals surface area (Å²) in [5, 5.41) is 9.60. The van der Waals surface area contributed by atoms with Crippen LogP contribution in [0.3, 0.4) is 0 Å². The van der Waals surface area contributed by atoms with Crippen LogP contribution in [0.15, 0.2) is 12.1 Å². The highest BCUT2D eigenvalue weighted by Gasteiger charge is 2.27. The van der Waals surface area contributed by atoms with Gasteiger partial charge in [-0.05, 0) is 18.4 Å². The van der Waals surface area contributed by atoms with Gasteiger partial charge in [-0.3, -0.25) is 0 Å². The Morgan fingerprint density at radius 3 is 2.33 bits per heavy atom. The molecule has 1 aliphatic rings. The molecular weight excluding hydrogens is 205 g/mol. The maximum absolute atomic E-state index is 13.2. The summed E-state index contributed by atoms with van der Waals surface area (Å²) >= 11 is 0. The van der Waals surface area contributed by atoms with Crippen LogP contribution < -0.4 is 0 Å². The number of hydrogen-bond donors (Lipinski definition) is 1. The van der Waals surface area contributed by atoms with Gasteiger partial charge in [-0.2, -0.15) is 0 Å². The van der Waals surface area contributed by atoms with Crippen LogP contribution in [0.1, 0.15) is 30.9 Å². The molecule has 0 bridgehead atoms. The number of aliphatic hydroxyl groups is 1. The standard InChI is InChI=1S/C11H11F3O/c12-8-5-10(14)9(13)4-7(8)11(15)3-6-1-2-6/h4-6,11,15H,1-3H2. The van der Waals surface area contributed by atoms with Crippen molar-refractivity contribution in [1.29, 1.82) is 0 Å². The van der Waals surface area contributed by atoms with Crippen molar-refractivity contribution in [3.05, 3.63) is 35.1 Å². The van der Waals surface area contributed by atoms with Crippen molar-refractivity contribution in [3.63, 3.8) is 0 Å². The molecule has 0 radical (unpaired) electrons. The highest BCUT2D eigenvalue weighted by atomic mass is 19.2. The van der Waals surface area contributed by atoms with E-state index in [1.54, 1.807) is 0 Å². The summed E-state index contributed by atoms with van der Waals surface area (Å²) in [7, 11) is 0. The van der Waals surface area contributed by atoms with Gasteiger partial charge < -0.3 is 5.11 Å². The minimum Gasteiger partial charge on any atom is -0.388 e. The fourth-order valence-electron chi connectivity index (χ4n) is 1.59. The average Bonchev–Trinajstić information content (AvgIpc) is 2.95. The van der Waals surface area contributed by atoms with Gasteiger partial charge >= 0.3 is 0 Å². The predicted octanol–water partition coefficient (Wildman–Crippen LogP) is 2.94. The molecule has 1 N–H and O–H groups in total. The third-order valence-electron chi connectivity index (χ3n) is 2.65. The highest BCUT2D eigenvalue weighted by molar-refractivity contribution is 5.22. The van der Waals surface area contributed by atoms with Crippen LogP contribution in [0.25, 0.3) is 0 Å². The smallest absolute Gasteiger partial charge is 0.161 e. The molecule has 2 rings (SSSR count). The van der Waals surface area contributed by atoms with Crippen molar-refractivity contribution in [3.8, 4) is 0 Å². The van der Waals surface area contributed by atoms with E-state index in [2.05, 4.69) is 0 Å². The summed E-state index contributed by atoms with van der Waals surface area (Å²) in [5.41, 5.74) is -0.152. The lowest BCUT2D eigenvalue weighted by Gasteiger charge is -2.11. The maximum atomic E-state index is 13.2. The fourth-order valence-corrected chi connectivity index (χ4v) is 1.59. The lowest BCUT2D eigenvalue weighted by Crippen LogP contribution is -2.03. The van der Waals surface area contributed by atoms with E-state index in [1.165, 1.54) is 0 Å². The summed E-state index contributed by atoms with van der Waals surface area (Å²) in [6.45, 7) is 0. The van der Waals surface area contributed by atoms with E-state index < -0.39 is 23.6 Å². The molecule has 1 aromatic rings. The zero-order chi connectivity index (χ0) is 11.0. The van der Waals surface area contributed by atoms with Gasteiger partial charge in [-0.15, -0.1) is 0 Å². The van der Waals surface area contributed by atoms with Crippen LogP contribution in [0.4, 0.5) is 13.2 Å². The molecular formula is C11H11F3O. The first kappa shape index (κ1) is 10.5. The minimum absolute atomic E-state index is 0.152. The molecule has 0 spiro atoms. The van der Waals surface area contributed by atoms with Crippen LogP contribution in [0, 0.1) is 23.4 Å². The number of halogens is 3. The third kappa shape index (κ3) is 2.31. The molecule has 1 aromatic carbocycles. The lowest BCUT2D eigenvalue weighted by molar-refractivity contribution is 0.155. The molecule has 82 valence electrons. The molecule has 0 aliphatic heterocycles. The highest BCUT2D eigenvalue weighted by Crippen LogP contribution is 2.38. The summed E-state index contributed by atoms with van der Waals surface area (Å²) in [6, 6.07) is 1.21. The van der Waals surface area contributed by atoms with Gasteiger partial charge in [0.1, 0.15) is 5.82 Å². The first-order chi connectivity index (χ1) is 7.08. The second-order valence-electron chi connectivity index (χ2n) is 3.98. The normalized spacial score (nSPS) is 17.9. The zero-order valence-corrected chi connectivity index (χ0v) is 8.01. The Morgan fingerprint density at radius 1 is 1.13 bits per heavy atom. The van der Waals surface area contributed by atoms with E-state index in [9.17, 15) is 18.3 Å². The average molecular weight is 216 g/mol. The summed E-state index contributed by atoms with van der Waals surface area (Å²) in [4.78, 5) is 0. The molecule has 15 heavy (non-hydrogen) atoms. The Bertz CT molecular complexity index is 374. The Balaban J connectivity index is 2.21. The lowest BCUT2D eigenvalue weighted by atomic mass is 10.0. The number of aliphatic hydroxyl groups excluding tert-OH is 1. The van der Waals surface area contributed by atoms with Gasteiger partial charge in [-0.1, -0.05) is 12.8 Å². The van der Waals surface area contributed by atoms with E-state index in [0.717, 1.165) is 18.9 Å². The molecule has 0 amide bonds. The Labute approximate surface area is 85.5 Å². The van der Waals surface area contributed by atoms with Crippen LogP contribution in [-0.2, 0) is 0 Å². The van der Waals surface area contributed by atoms with E-state index in [4.69, 9.17) is 0 Å². The summed E-state index contributed by atoms with van der Waals surface area (Å²) < 4.78 is 38.6. The zero-order valence-electron chi connectivity index (χ0n) is 8.01. The molecule has 1 aliphatic carbocycles. The minimum atomic E-state index is -1.23. The third-order valence-corrected chi connectivity index (χ3v) is 2.65. The first-order valence-corrected chi connectivity index (χ1v) is 4.90. The van der Waals surface area contributed by atoms with Crippen LogP contribution in [0.2, 0.25) is 0 Å². The van der Waals surface area contributed by atoms with E-state index in [0.29, 0.717) is 18.4 Å². The monoisotopic (exact) mass is 216 g/mol. The van der Waals surface area contributed by atoms with Crippen molar-refractivity contribution < 1.29 is 18.3 Å². The van der Waals surface area contributed by atoms with Crippen LogP contribution in [0.5, 0.6) is 0 Å². The topological polar surface area (TPSA) is 20.2 Å². The second-order valence-corrected chi connectivity index (χ2v) is 3.98. The largest absolute Gasteiger partial charge is 0.388 e. The molecule has 1 atom stereocenters. The fraction of sp³-hybridized carbons (Fsp3) is 0.455. The van der Waals surface area contributed by atoms with Crippen molar-refractivity contribution in [2.45, 2.75) is 25.4 Å². The molecule has 0 heterocycles.